The van der Waals surface area contributed by atoms with Crippen molar-refractivity contribution in [3.05, 3.63) is 66.0 Å². The van der Waals surface area contributed by atoms with E-state index >= 15 is 0 Å². The van der Waals surface area contributed by atoms with Gasteiger partial charge in [0, 0.05) is 18.3 Å². The molecule has 144 valence electrons. The van der Waals surface area contributed by atoms with Crippen molar-refractivity contribution in [3.63, 3.8) is 0 Å². The number of hydrogen-bond donors (Lipinski definition) is 1. The Hall–Kier alpha value is -3.20. The van der Waals surface area contributed by atoms with Crippen LogP contribution < -0.4 is 5.32 Å². The molecule has 0 unspecified atom stereocenters. The van der Waals surface area contributed by atoms with Gasteiger partial charge < -0.3 is 5.32 Å². The molecule has 1 aliphatic heterocycles. The van der Waals surface area contributed by atoms with Gasteiger partial charge in [-0.15, -0.1) is 5.10 Å². The van der Waals surface area contributed by atoms with Crippen molar-refractivity contribution in [1.29, 1.82) is 0 Å². The van der Waals surface area contributed by atoms with Gasteiger partial charge in [0.05, 0.1) is 11.7 Å². The average molecular weight is 384 g/mol. The minimum Gasteiger partial charge on any atom is -0.325 e. The third kappa shape index (κ3) is 4.04. The van der Waals surface area contributed by atoms with Gasteiger partial charge in [0.25, 0.3) is 0 Å². The lowest BCUT2D eigenvalue weighted by atomic mass is 10.1. The van der Waals surface area contributed by atoms with E-state index in [1.54, 1.807) is 18.2 Å². The highest BCUT2D eigenvalue weighted by molar-refractivity contribution is 5.95. The van der Waals surface area contributed by atoms with E-state index in [9.17, 15) is 13.6 Å². The lowest BCUT2D eigenvalue weighted by molar-refractivity contribution is -0.120. The van der Waals surface area contributed by atoms with Crippen molar-refractivity contribution in [2.45, 2.75) is 25.4 Å². The summed E-state index contributed by atoms with van der Waals surface area (Å²) < 4.78 is 28.4. The van der Waals surface area contributed by atoms with Crippen LogP contribution in [0.1, 0.15) is 18.4 Å². The van der Waals surface area contributed by atoms with Gasteiger partial charge in [-0.3, -0.25) is 9.69 Å². The van der Waals surface area contributed by atoms with E-state index in [4.69, 9.17) is 0 Å². The number of amides is 1. The summed E-state index contributed by atoms with van der Waals surface area (Å²) in [6, 6.07) is 10.3. The Morgan fingerprint density at radius 3 is 2.75 bits per heavy atom. The molecule has 0 aliphatic carbocycles. The monoisotopic (exact) mass is 384 g/mol. The molecule has 0 spiro atoms. The van der Waals surface area contributed by atoms with Crippen molar-refractivity contribution in [3.8, 4) is 5.69 Å². The first-order valence-electron chi connectivity index (χ1n) is 8.92. The number of hydrogen-bond acceptors (Lipinski definition) is 5. The highest BCUT2D eigenvalue weighted by atomic mass is 19.1. The largest absolute Gasteiger partial charge is 0.325 e. The third-order valence-corrected chi connectivity index (χ3v) is 4.70. The second-order valence-electron chi connectivity index (χ2n) is 6.70. The van der Waals surface area contributed by atoms with Crippen LogP contribution in [0.2, 0.25) is 0 Å². The molecular weight excluding hydrogens is 366 g/mol. The number of anilines is 1. The molecule has 0 bridgehead atoms. The molecule has 0 saturated carbocycles. The maximum absolute atomic E-state index is 13.4. The van der Waals surface area contributed by atoms with E-state index in [1.165, 1.54) is 23.1 Å². The number of carbonyl (C=O) groups excluding carboxylic acids is 1. The minimum atomic E-state index is -0.616. The topological polar surface area (TPSA) is 75.9 Å². The van der Waals surface area contributed by atoms with E-state index < -0.39 is 11.6 Å². The SMILES string of the molecule is O=C(Nc1cccc(-n2cnnn2)c1)[C@H]1CCCN1Cc1cc(F)cc(F)c1. The Bertz CT molecular complexity index is 958. The van der Waals surface area contributed by atoms with Gasteiger partial charge in [-0.25, -0.2) is 13.5 Å². The summed E-state index contributed by atoms with van der Waals surface area (Å²) in [5.74, 6) is -1.38. The molecule has 7 nitrogen and oxygen atoms in total. The average Bonchev–Trinajstić information content (AvgIpc) is 3.33. The van der Waals surface area contributed by atoms with Crippen molar-refractivity contribution >= 4 is 11.6 Å². The first-order chi connectivity index (χ1) is 13.6. The maximum atomic E-state index is 13.4. The Morgan fingerprint density at radius 2 is 2.00 bits per heavy atom. The summed E-state index contributed by atoms with van der Waals surface area (Å²) >= 11 is 0. The maximum Gasteiger partial charge on any atom is 0.241 e. The molecule has 1 N–H and O–H groups in total. The molecule has 3 aromatic rings. The number of benzene rings is 2. The standard InChI is InChI=1S/C19H18F2N6O/c20-14-7-13(8-15(21)9-14)11-26-6-2-5-18(26)19(28)23-16-3-1-4-17(10-16)27-12-22-24-25-27/h1,3-4,7-10,12,18H,2,5-6,11H2,(H,23,28)/t18-/m1/s1. The molecule has 1 saturated heterocycles. The molecule has 1 atom stereocenters. The molecular formula is C19H18F2N6O. The summed E-state index contributed by atoms with van der Waals surface area (Å²) in [4.78, 5) is 14.7. The predicted molar refractivity (Wildman–Crippen MR) is 97.6 cm³/mol. The van der Waals surface area contributed by atoms with Gasteiger partial charge in [-0.2, -0.15) is 0 Å². The van der Waals surface area contributed by atoms with Gasteiger partial charge >= 0.3 is 0 Å². The number of likely N-dealkylation sites (tertiary alicyclic amines) is 1. The molecule has 2 heterocycles. The zero-order chi connectivity index (χ0) is 19.5. The predicted octanol–water partition coefficient (Wildman–Crippen LogP) is 2.54. The Balaban J connectivity index is 1.46. The highest BCUT2D eigenvalue weighted by Crippen LogP contribution is 2.23. The van der Waals surface area contributed by atoms with Crippen LogP contribution in [-0.2, 0) is 11.3 Å². The molecule has 2 aromatic carbocycles. The fourth-order valence-electron chi connectivity index (χ4n) is 3.48. The van der Waals surface area contributed by atoms with E-state index in [2.05, 4.69) is 20.8 Å². The second kappa shape index (κ2) is 7.81. The molecule has 1 fully saturated rings. The van der Waals surface area contributed by atoms with Crippen LogP contribution in [0.4, 0.5) is 14.5 Å². The van der Waals surface area contributed by atoms with Crippen molar-refractivity contribution < 1.29 is 13.6 Å². The number of carbonyl (C=O) groups is 1. The minimum absolute atomic E-state index is 0.150. The fraction of sp³-hybridized carbons (Fsp3) is 0.263. The smallest absolute Gasteiger partial charge is 0.241 e. The number of aromatic nitrogens is 4. The molecule has 1 amide bonds. The van der Waals surface area contributed by atoms with Crippen LogP contribution in [0.3, 0.4) is 0 Å². The zero-order valence-electron chi connectivity index (χ0n) is 14.9. The first kappa shape index (κ1) is 18.2. The van der Waals surface area contributed by atoms with E-state index in [0.29, 0.717) is 30.8 Å². The second-order valence-corrected chi connectivity index (χ2v) is 6.70. The van der Waals surface area contributed by atoms with E-state index in [0.717, 1.165) is 18.2 Å². The lowest BCUT2D eigenvalue weighted by Crippen LogP contribution is -2.39. The Kier molecular flexibility index (Phi) is 5.07. The van der Waals surface area contributed by atoms with Gasteiger partial charge in [-0.05, 0) is 65.7 Å². The fourth-order valence-corrected chi connectivity index (χ4v) is 3.48. The number of nitrogens with one attached hydrogen (secondary N) is 1. The number of rotatable bonds is 5. The van der Waals surface area contributed by atoms with Crippen LogP contribution in [0.5, 0.6) is 0 Å². The zero-order valence-corrected chi connectivity index (χ0v) is 14.9. The number of nitrogens with zero attached hydrogens (tertiary/aromatic N) is 5. The number of tetrazole rings is 1. The lowest BCUT2D eigenvalue weighted by Gasteiger charge is -2.24. The summed E-state index contributed by atoms with van der Waals surface area (Å²) in [5, 5.41) is 13.9. The molecule has 1 aliphatic rings. The molecule has 0 radical (unpaired) electrons. The number of halogens is 2. The third-order valence-electron chi connectivity index (χ3n) is 4.70. The molecule has 4 rings (SSSR count). The van der Waals surface area contributed by atoms with E-state index in [-0.39, 0.29) is 11.9 Å². The Morgan fingerprint density at radius 1 is 1.18 bits per heavy atom. The van der Waals surface area contributed by atoms with Crippen molar-refractivity contribution in [2.75, 3.05) is 11.9 Å². The first-order valence-corrected chi connectivity index (χ1v) is 8.92. The van der Waals surface area contributed by atoms with Crippen LogP contribution >= 0.6 is 0 Å². The summed E-state index contributed by atoms with van der Waals surface area (Å²) in [6.07, 6.45) is 3.01. The van der Waals surface area contributed by atoms with Gasteiger partial charge in [0.15, 0.2) is 0 Å². The summed E-state index contributed by atoms with van der Waals surface area (Å²) in [6.45, 7) is 1.01. The van der Waals surface area contributed by atoms with Gasteiger partial charge in [0.2, 0.25) is 5.91 Å². The van der Waals surface area contributed by atoms with Crippen LogP contribution in [0, 0.1) is 11.6 Å². The Labute approximate surface area is 160 Å². The van der Waals surface area contributed by atoms with Crippen LogP contribution in [0.25, 0.3) is 5.69 Å². The molecule has 1 aromatic heterocycles. The van der Waals surface area contributed by atoms with E-state index in [1.807, 2.05) is 11.0 Å². The quantitative estimate of drug-likeness (QED) is 0.732. The van der Waals surface area contributed by atoms with Gasteiger partial charge in [0.1, 0.15) is 18.0 Å². The van der Waals surface area contributed by atoms with Crippen LogP contribution in [-0.4, -0.2) is 43.6 Å². The van der Waals surface area contributed by atoms with Crippen molar-refractivity contribution in [2.24, 2.45) is 0 Å². The normalized spacial score (nSPS) is 17.0. The van der Waals surface area contributed by atoms with Crippen LogP contribution in [0.15, 0.2) is 48.8 Å². The van der Waals surface area contributed by atoms with Gasteiger partial charge in [-0.1, -0.05) is 6.07 Å². The molecule has 28 heavy (non-hydrogen) atoms. The molecule has 9 heteroatoms. The summed E-state index contributed by atoms with van der Waals surface area (Å²) in [5.41, 5.74) is 1.86. The highest BCUT2D eigenvalue weighted by Gasteiger charge is 2.30. The van der Waals surface area contributed by atoms with Crippen molar-refractivity contribution in [1.82, 2.24) is 25.1 Å². The summed E-state index contributed by atoms with van der Waals surface area (Å²) in [7, 11) is 0.